The lowest BCUT2D eigenvalue weighted by molar-refractivity contribution is -0.116. The van der Waals surface area contributed by atoms with E-state index in [9.17, 15) is 9.59 Å². The second-order valence-corrected chi connectivity index (χ2v) is 7.65. The number of anilines is 1. The molecule has 0 atom stereocenters. The zero-order chi connectivity index (χ0) is 21.1. The van der Waals surface area contributed by atoms with Crippen molar-refractivity contribution in [3.63, 3.8) is 0 Å². The van der Waals surface area contributed by atoms with Crippen molar-refractivity contribution in [2.75, 3.05) is 25.5 Å². The van der Waals surface area contributed by atoms with Gasteiger partial charge in [0.2, 0.25) is 5.91 Å². The summed E-state index contributed by atoms with van der Waals surface area (Å²) in [5, 5.41) is 3.97. The van der Waals surface area contributed by atoms with Gasteiger partial charge >= 0.3 is 0 Å². The molecule has 156 valence electrons. The van der Waals surface area contributed by atoms with Gasteiger partial charge in [0.15, 0.2) is 0 Å². The van der Waals surface area contributed by atoms with Crippen LogP contribution in [0.4, 0.5) is 5.69 Å². The molecule has 0 fully saturated rings. The van der Waals surface area contributed by atoms with E-state index in [0.29, 0.717) is 17.8 Å². The van der Waals surface area contributed by atoms with Crippen LogP contribution in [0.25, 0.3) is 10.9 Å². The van der Waals surface area contributed by atoms with E-state index in [1.165, 1.54) is 24.1 Å². The van der Waals surface area contributed by atoms with Crippen molar-refractivity contribution >= 4 is 28.4 Å². The fourth-order valence-electron chi connectivity index (χ4n) is 4.10. The van der Waals surface area contributed by atoms with Gasteiger partial charge in [-0.2, -0.15) is 0 Å². The Morgan fingerprint density at radius 2 is 1.87 bits per heavy atom. The maximum Gasteiger partial charge on any atom is 0.254 e. The van der Waals surface area contributed by atoms with Crippen molar-refractivity contribution in [1.82, 2.24) is 9.88 Å². The molecule has 4 rings (SSSR count). The van der Waals surface area contributed by atoms with E-state index < -0.39 is 0 Å². The van der Waals surface area contributed by atoms with Crippen LogP contribution in [0.5, 0.6) is 5.75 Å². The SMILES string of the molecule is CCN(CC(=O)Nc1ccc(OC)cc1)C(=O)c1ccc2[nH]c3c(c2c1)CCCC3. The Balaban J connectivity index is 1.48. The third-order valence-corrected chi connectivity index (χ3v) is 5.72. The highest BCUT2D eigenvalue weighted by molar-refractivity contribution is 6.02. The molecule has 1 aliphatic carbocycles. The molecule has 0 spiro atoms. The summed E-state index contributed by atoms with van der Waals surface area (Å²) in [4.78, 5) is 30.7. The molecule has 0 radical (unpaired) electrons. The number of fused-ring (bicyclic) bond motifs is 3. The summed E-state index contributed by atoms with van der Waals surface area (Å²) in [5.74, 6) is 0.367. The van der Waals surface area contributed by atoms with Gasteiger partial charge in [-0.15, -0.1) is 0 Å². The standard InChI is InChI=1S/C24H27N3O3/c1-3-27(15-23(28)25-17-9-11-18(30-2)12-10-17)24(29)16-8-13-22-20(14-16)19-6-4-5-7-21(19)26-22/h8-14,26H,3-7,15H2,1-2H3,(H,25,28). The predicted molar refractivity (Wildman–Crippen MR) is 118 cm³/mol. The quantitative estimate of drug-likeness (QED) is 0.647. The number of amides is 2. The van der Waals surface area contributed by atoms with Crippen molar-refractivity contribution in [3.8, 4) is 5.75 Å². The van der Waals surface area contributed by atoms with Gasteiger partial charge in [0, 0.05) is 34.4 Å². The van der Waals surface area contributed by atoms with Crippen LogP contribution >= 0.6 is 0 Å². The fraction of sp³-hybridized carbons (Fsp3) is 0.333. The molecular formula is C24H27N3O3. The highest BCUT2D eigenvalue weighted by Crippen LogP contribution is 2.30. The number of methoxy groups -OCH3 is 1. The largest absolute Gasteiger partial charge is 0.497 e. The molecule has 0 saturated carbocycles. The van der Waals surface area contributed by atoms with Crippen LogP contribution in [0, 0.1) is 0 Å². The Labute approximate surface area is 176 Å². The van der Waals surface area contributed by atoms with E-state index in [0.717, 1.165) is 29.5 Å². The summed E-state index contributed by atoms with van der Waals surface area (Å²) in [6.07, 6.45) is 4.51. The average molecular weight is 405 g/mol. The summed E-state index contributed by atoms with van der Waals surface area (Å²) >= 11 is 0. The number of carbonyl (C=O) groups excluding carboxylic acids is 2. The zero-order valence-electron chi connectivity index (χ0n) is 17.5. The van der Waals surface area contributed by atoms with Gasteiger partial charge in [-0.3, -0.25) is 9.59 Å². The Hall–Kier alpha value is -3.28. The summed E-state index contributed by atoms with van der Waals surface area (Å²) in [6.45, 7) is 2.35. The minimum absolute atomic E-state index is 0.00461. The van der Waals surface area contributed by atoms with Gasteiger partial charge in [-0.25, -0.2) is 0 Å². The Kier molecular flexibility index (Phi) is 5.74. The molecule has 3 aromatic rings. The van der Waals surface area contributed by atoms with Crippen molar-refractivity contribution in [3.05, 3.63) is 59.3 Å². The number of aromatic amines is 1. The van der Waals surface area contributed by atoms with Gasteiger partial charge in [0.1, 0.15) is 12.3 Å². The van der Waals surface area contributed by atoms with Crippen LogP contribution in [0.1, 0.15) is 41.4 Å². The smallest absolute Gasteiger partial charge is 0.254 e. The monoisotopic (exact) mass is 405 g/mol. The molecule has 0 aliphatic heterocycles. The number of hydrogen-bond donors (Lipinski definition) is 2. The first-order valence-electron chi connectivity index (χ1n) is 10.5. The lowest BCUT2D eigenvalue weighted by atomic mass is 9.95. The predicted octanol–water partition coefficient (Wildman–Crippen LogP) is 4.16. The van der Waals surface area contributed by atoms with Gasteiger partial charge in [0.05, 0.1) is 7.11 Å². The lowest BCUT2D eigenvalue weighted by Gasteiger charge is -2.20. The molecular weight excluding hydrogens is 378 g/mol. The highest BCUT2D eigenvalue weighted by Gasteiger charge is 2.20. The summed E-state index contributed by atoms with van der Waals surface area (Å²) in [5.41, 5.74) is 5.01. The molecule has 0 bridgehead atoms. The van der Waals surface area contributed by atoms with Crippen LogP contribution in [0.15, 0.2) is 42.5 Å². The molecule has 0 unspecified atom stereocenters. The molecule has 1 aliphatic rings. The third kappa shape index (κ3) is 4.03. The lowest BCUT2D eigenvalue weighted by Crippen LogP contribution is -2.37. The van der Waals surface area contributed by atoms with E-state index in [1.807, 2.05) is 25.1 Å². The molecule has 6 heteroatoms. The number of aryl methyl sites for hydroxylation is 2. The van der Waals surface area contributed by atoms with Gasteiger partial charge < -0.3 is 19.9 Å². The Morgan fingerprint density at radius 3 is 2.60 bits per heavy atom. The third-order valence-electron chi connectivity index (χ3n) is 5.72. The maximum absolute atomic E-state index is 13.1. The minimum atomic E-state index is -0.226. The maximum atomic E-state index is 13.1. The van der Waals surface area contributed by atoms with Crippen molar-refractivity contribution in [1.29, 1.82) is 0 Å². The number of ether oxygens (including phenoxy) is 1. The molecule has 2 amide bonds. The molecule has 0 saturated heterocycles. The molecule has 2 N–H and O–H groups in total. The zero-order valence-corrected chi connectivity index (χ0v) is 17.5. The second kappa shape index (κ2) is 8.61. The number of nitrogens with one attached hydrogen (secondary N) is 2. The van der Waals surface area contributed by atoms with Crippen molar-refractivity contribution in [2.24, 2.45) is 0 Å². The number of H-pyrrole nitrogens is 1. The van der Waals surface area contributed by atoms with E-state index >= 15 is 0 Å². The van der Waals surface area contributed by atoms with Gasteiger partial charge in [-0.05, 0) is 80.6 Å². The van der Waals surface area contributed by atoms with Crippen molar-refractivity contribution in [2.45, 2.75) is 32.6 Å². The van der Waals surface area contributed by atoms with Crippen molar-refractivity contribution < 1.29 is 14.3 Å². The second-order valence-electron chi connectivity index (χ2n) is 7.65. The first kappa shape index (κ1) is 20.0. The topological polar surface area (TPSA) is 74.4 Å². The Bertz CT molecular complexity index is 1070. The first-order chi connectivity index (χ1) is 14.6. The molecule has 1 aromatic heterocycles. The minimum Gasteiger partial charge on any atom is -0.497 e. The molecule has 1 heterocycles. The normalized spacial score (nSPS) is 13.0. The Morgan fingerprint density at radius 1 is 1.10 bits per heavy atom. The fourth-order valence-corrected chi connectivity index (χ4v) is 4.10. The molecule has 30 heavy (non-hydrogen) atoms. The van der Waals surface area contributed by atoms with Crippen LogP contribution < -0.4 is 10.1 Å². The average Bonchev–Trinajstić information content (AvgIpc) is 3.15. The van der Waals surface area contributed by atoms with Gasteiger partial charge in [-0.1, -0.05) is 0 Å². The number of likely N-dealkylation sites (N-methyl/N-ethyl adjacent to an activating group) is 1. The van der Waals surface area contributed by atoms with E-state index in [2.05, 4.69) is 10.3 Å². The van der Waals surface area contributed by atoms with E-state index in [4.69, 9.17) is 4.74 Å². The number of rotatable bonds is 6. The summed E-state index contributed by atoms with van der Waals surface area (Å²) in [7, 11) is 1.60. The summed E-state index contributed by atoms with van der Waals surface area (Å²) < 4.78 is 5.13. The number of aromatic nitrogens is 1. The summed E-state index contributed by atoms with van der Waals surface area (Å²) in [6, 6.07) is 12.9. The van der Waals surface area contributed by atoms with Crippen LogP contribution in [0.2, 0.25) is 0 Å². The molecule has 2 aromatic carbocycles. The number of carbonyl (C=O) groups is 2. The highest BCUT2D eigenvalue weighted by atomic mass is 16.5. The van der Waals surface area contributed by atoms with E-state index in [-0.39, 0.29) is 18.4 Å². The van der Waals surface area contributed by atoms with E-state index in [1.54, 1.807) is 36.3 Å². The van der Waals surface area contributed by atoms with Crippen LogP contribution in [-0.2, 0) is 17.6 Å². The number of benzene rings is 2. The van der Waals surface area contributed by atoms with Crippen LogP contribution in [0.3, 0.4) is 0 Å². The number of hydrogen-bond acceptors (Lipinski definition) is 3. The first-order valence-corrected chi connectivity index (χ1v) is 10.5. The van der Waals surface area contributed by atoms with Gasteiger partial charge in [0.25, 0.3) is 5.91 Å². The number of nitrogens with zero attached hydrogens (tertiary/aromatic N) is 1. The molecule has 6 nitrogen and oxygen atoms in total. The van der Waals surface area contributed by atoms with Crippen LogP contribution in [-0.4, -0.2) is 41.9 Å².